The van der Waals surface area contributed by atoms with E-state index in [2.05, 4.69) is 10.2 Å². The van der Waals surface area contributed by atoms with Gasteiger partial charge < -0.3 is 14.2 Å². The summed E-state index contributed by atoms with van der Waals surface area (Å²) in [5.74, 6) is -0.309. The fourth-order valence-corrected chi connectivity index (χ4v) is 3.52. The van der Waals surface area contributed by atoms with Gasteiger partial charge in [0.15, 0.2) is 5.16 Å². The summed E-state index contributed by atoms with van der Waals surface area (Å²) >= 11 is 1.30. The van der Waals surface area contributed by atoms with Crippen molar-refractivity contribution in [3.05, 3.63) is 41.7 Å². The molecule has 1 aliphatic heterocycles. The molecule has 1 aromatic heterocycles. The smallest absolute Gasteiger partial charge is 0.328 e. The Hall–Kier alpha value is -2.35. The van der Waals surface area contributed by atoms with E-state index in [0.717, 1.165) is 11.1 Å². The summed E-state index contributed by atoms with van der Waals surface area (Å²) in [6.45, 7) is 0.411. The summed E-state index contributed by atoms with van der Waals surface area (Å²) < 4.78 is 6.64. The van der Waals surface area contributed by atoms with Crippen LogP contribution in [-0.2, 0) is 34.3 Å². The van der Waals surface area contributed by atoms with E-state index < -0.39 is 6.04 Å². The number of aromatic nitrogens is 3. The molecule has 1 aliphatic rings. The quantitative estimate of drug-likeness (QED) is 0.608. The van der Waals surface area contributed by atoms with Gasteiger partial charge in [0, 0.05) is 20.0 Å². The molecule has 0 bridgehead atoms. The summed E-state index contributed by atoms with van der Waals surface area (Å²) in [5.41, 5.74) is 2.15. The van der Waals surface area contributed by atoms with Gasteiger partial charge >= 0.3 is 5.97 Å². The van der Waals surface area contributed by atoms with Crippen LogP contribution in [0.1, 0.15) is 11.1 Å². The lowest BCUT2D eigenvalue weighted by Gasteiger charge is -2.35. The Morgan fingerprint density at radius 2 is 2.08 bits per heavy atom. The predicted octanol–water partition coefficient (Wildman–Crippen LogP) is 1.03. The molecule has 0 N–H and O–H groups in total. The van der Waals surface area contributed by atoms with Crippen molar-refractivity contribution in [1.82, 2.24) is 19.7 Å². The SMILES string of the molecule is COC(=O)[C@H]1Cc2ccccc2CN1C(=O)CSc1nncn1C. The zero-order valence-corrected chi connectivity index (χ0v) is 14.3. The first kappa shape index (κ1) is 16.5. The second-order valence-electron chi connectivity index (χ2n) is 5.55. The number of nitrogens with zero attached hydrogens (tertiary/aromatic N) is 4. The second kappa shape index (κ2) is 7.04. The fraction of sp³-hybridized carbons (Fsp3) is 0.375. The van der Waals surface area contributed by atoms with Crippen LogP contribution in [0.15, 0.2) is 35.7 Å². The first-order valence-corrected chi connectivity index (χ1v) is 8.49. The van der Waals surface area contributed by atoms with Crippen molar-refractivity contribution in [3.8, 4) is 0 Å². The summed E-state index contributed by atoms with van der Waals surface area (Å²) in [6, 6.07) is 7.26. The van der Waals surface area contributed by atoms with Gasteiger partial charge in [0.05, 0.1) is 12.9 Å². The molecule has 3 rings (SSSR count). The third-order valence-electron chi connectivity index (χ3n) is 4.04. The monoisotopic (exact) mass is 346 g/mol. The summed E-state index contributed by atoms with van der Waals surface area (Å²) in [6.07, 6.45) is 2.06. The molecular weight excluding hydrogens is 328 g/mol. The van der Waals surface area contributed by atoms with Crippen molar-refractivity contribution in [1.29, 1.82) is 0 Å². The number of hydrogen-bond donors (Lipinski definition) is 0. The minimum Gasteiger partial charge on any atom is -0.467 e. The van der Waals surface area contributed by atoms with E-state index in [4.69, 9.17) is 4.74 Å². The van der Waals surface area contributed by atoms with Crippen molar-refractivity contribution >= 4 is 23.6 Å². The highest BCUT2D eigenvalue weighted by Gasteiger charge is 2.35. The molecule has 8 heteroatoms. The van der Waals surface area contributed by atoms with Crippen molar-refractivity contribution in [3.63, 3.8) is 0 Å². The predicted molar refractivity (Wildman–Crippen MR) is 88.2 cm³/mol. The maximum atomic E-state index is 12.7. The van der Waals surface area contributed by atoms with Crippen LogP contribution < -0.4 is 0 Å². The van der Waals surface area contributed by atoms with E-state index >= 15 is 0 Å². The van der Waals surface area contributed by atoms with E-state index in [-0.39, 0.29) is 17.6 Å². The third kappa shape index (κ3) is 3.28. The van der Waals surface area contributed by atoms with E-state index in [1.807, 2.05) is 31.3 Å². The highest BCUT2D eigenvalue weighted by atomic mass is 32.2. The highest BCUT2D eigenvalue weighted by Crippen LogP contribution is 2.25. The maximum Gasteiger partial charge on any atom is 0.328 e. The molecule has 0 radical (unpaired) electrons. The van der Waals surface area contributed by atoms with Crippen LogP contribution in [0.25, 0.3) is 0 Å². The number of benzene rings is 1. The Morgan fingerprint density at radius 3 is 2.75 bits per heavy atom. The van der Waals surface area contributed by atoms with Crippen LogP contribution in [-0.4, -0.2) is 50.4 Å². The first-order valence-electron chi connectivity index (χ1n) is 7.51. The van der Waals surface area contributed by atoms with E-state index in [1.165, 1.54) is 18.9 Å². The number of carbonyl (C=O) groups is 2. The van der Waals surface area contributed by atoms with Gasteiger partial charge in [-0.05, 0) is 11.1 Å². The molecule has 7 nitrogen and oxygen atoms in total. The number of esters is 1. The largest absolute Gasteiger partial charge is 0.467 e. The van der Waals surface area contributed by atoms with Gasteiger partial charge in [-0.3, -0.25) is 4.79 Å². The molecule has 2 heterocycles. The van der Waals surface area contributed by atoms with Crippen LogP contribution >= 0.6 is 11.8 Å². The lowest BCUT2D eigenvalue weighted by atomic mass is 9.94. The van der Waals surface area contributed by atoms with Gasteiger partial charge in [-0.25, -0.2) is 4.79 Å². The van der Waals surface area contributed by atoms with Crippen molar-refractivity contribution in [2.24, 2.45) is 7.05 Å². The lowest BCUT2D eigenvalue weighted by molar-refractivity contribution is -0.153. The number of amides is 1. The number of fused-ring (bicyclic) bond motifs is 1. The van der Waals surface area contributed by atoms with Gasteiger partial charge in [0.25, 0.3) is 0 Å². The minimum atomic E-state index is -0.586. The molecule has 1 amide bonds. The molecule has 0 unspecified atom stereocenters. The third-order valence-corrected chi connectivity index (χ3v) is 5.06. The number of rotatable bonds is 4. The average Bonchev–Trinajstić information content (AvgIpc) is 3.02. The Kier molecular flexibility index (Phi) is 4.84. The van der Waals surface area contributed by atoms with Crippen LogP contribution in [0.4, 0.5) is 0 Å². The van der Waals surface area contributed by atoms with E-state index in [1.54, 1.807) is 15.8 Å². The lowest BCUT2D eigenvalue weighted by Crippen LogP contribution is -2.49. The first-order chi connectivity index (χ1) is 11.6. The van der Waals surface area contributed by atoms with Crippen LogP contribution in [0.2, 0.25) is 0 Å². The Labute approximate surface area is 144 Å². The van der Waals surface area contributed by atoms with Crippen molar-refractivity contribution in [2.45, 2.75) is 24.2 Å². The Balaban J connectivity index is 1.77. The molecule has 0 saturated carbocycles. The van der Waals surface area contributed by atoms with E-state index in [9.17, 15) is 9.59 Å². The molecular formula is C16H18N4O3S. The molecule has 2 aromatic rings. The molecule has 126 valence electrons. The summed E-state index contributed by atoms with van der Waals surface area (Å²) in [7, 11) is 3.17. The van der Waals surface area contributed by atoms with Crippen LogP contribution in [0.3, 0.4) is 0 Å². The second-order valence-corrected chi connectivity index (χ2v) is 6.49. The molecule has 24 heavy (non-hydrogen) atoms. The highest BCUT2D eigenvalue weighted by molar-refractivity contribution is 7.99. The van der Waals surface area contributed by atoms with Gasteiger partial charge in [-0.1, -0.05) is 36.0 Å². The zero-order valence-electron chi connectivity index (χ0n) is 13.5. The molecule has 0 fully saturated rings. The Morgan fingerprint density at radius 1 is 1.33 bits per heavy atom. The number of hydrogen-bond acceptors (Lipinski definition) is 6. The van der Waals surface area contributed by atoms with Gasteiger partial charge in [0.2, 0.25) is 5.91 Å². The molecule has 0 spiro atoms. The van der Waals surface area contributed by atoms with E-state index in [0.29, 0.717) is 18.1 Å². The molecule has 1 atom stereocenters. The van der Waals surface area contributed by atoms with Crippen molar-refractivity contribution in [2.75, 3.05) is 12.9 Å². The van der Waals surface area contributed by atoms with Gasteiger partial charge in [-0.15, -0.1) is 10.2 Å². The zero-order chi connectivity index (χ0) is 17.1. The maximum absolute atomic E-state index is 12.7. The van der Waals surface area contributed by atoms with Crippen LogP contribution in [0, 0.1) is 0 Å². The summed E-state index contributed by atoms with van der Waals surface area (Å²) in [5, 5.41) is 8.41. The van der Waals surface area contributed by atoms with Crippen LogP contribution in [0.5, 0.6) is 0 Å². The fourth-order valence-electron chi connectivity index (χ4n) is 2.74. The number of thioether (sulfide) groups is 1. The number of carbonyl (C=O) groups excluding carboxylic acids is 2. The standard InChI is InChI=1S/C16H18N4O3S/c1-19-10-17-18-16(19)24-9-14(21)20-8-12-6-4-3-5-11(12)7-13(20)15(22)23-2/h3-6,10,13H,7-9H2,1-2H3/t13-/m1/s1. The normalized spacial score (nSPS) is 16.6. The van der Waals surface area contributed by atoms with Gasteiger partial charge in [-0.2, -0.15) is 0 Å². The topological polar surface area (TPSA) is 77.3 Å². The minimum absolute atomic E-state index is 0.118. The Bertz CT molecular complexity index is 761. The molecule has 0 saturated heterocycles. The molecule has 1 aromatic carbocycles. The molecule has 0 aliphatic carbocycles. The number of ether oxygens (including phenoxy) is 1. The average molecular weight is 346 g/mol. The summed E-state index contributed by atoms with van der Waals surface area (Å²) in [4.78, 5) is 26.4. The number of methoxy groups -OCH3 is 1. The van der Waals surface area contributed by atoms with Gasteiger partial charge in [0.1, 0.15) is 12.4 Å². The number of aryl methyl sites for hydroxylation is 1. The van der Waals surface area contributed by atoms with Crippen molar-refractivity contribution < 1.29 is 14.3 Å².